The molecule has 0 bridgehead atoms. The van der Waals surface area contributed by atoms with Crippen LogP contribution in [0.1, 0.15) is 48.0 Å². The number of pyridine rings is 1. The predicted octanol–water partition coefficient (Wildman–Crippen LogP) is 4.67. The highest BCUT2D eigenvalue weighted by Crippen LogP contribution is 2.61. The van der Waals surface area contributed by atoms with Gasteiger partial charge in [-0.2, -0.15) is 13.2 Å². The zero-order valence-electron chi connectivity index (χ0n) is 21.3. The summed E-state index contributed by atoms with van der Waals surface area (Å²) < 4.78 is 47.4. The number of ether oxygens (including phenoxy) is 1. The van der Waals surface area contributed by atoms with Gasteiger partial charge in [-0.25, -0.2) is 4.98 Å². The second-order valence-electron chi connectivity index (χ2n) is 10.3. The van der Waals surface area contributed by atoms with Gasteiger partial charge in [0.15, 0.2) is 0 Å². The number of hydrogen-bond acceptors (Lipinski definition) is 5. The number of amides is 2. The van der Waals surface area contributed by atoms with E-state index in [-0.39, 0.29) is 29.6 Å². The minimum Gasteiger partial charge on any atom is -0.478 e. The number of alkyl halides is 3. The maximum absolute atomic E-state index is 13.9. The summed E-state index contributed by atoms with van der Waals surface area (Å²) >= 11 is 6.12. The molecule has 1 saturated heterocycles. The lowest BCUT2D eigenvalue weighted by Gasteiger charge is -2.39. The number of rotatable bonds is 8. The molecule has 2 atom stereocenters. The molecule has 7 nitrogen and oxygen atoms in total. The van der Waals surface area contributed by atoms with Gasteiger partial charge in [0.1, 0.15) is 5.15 Å². The number of piperidine rings is 1. The Bertz CT molecular complexity index is 1170. The molecule has 38 heavy (non-hydrogen) atoms. The molecule has 2 aliphatic rings. The van der Waals surface area contributed by atoms with Gasteiger partial charge in [-0.05, 0) is 49.5 Å². The van der Waals surface area contributed by atoms with Crippen molar-refractivity contribution in [1.82, 2.24) is 14.8 Å². The Hall–Kier alpha value is -2.85. The van der Waals surface area contributed by atoms with E-state index in [1.165, 1.54) is 23.1 Å². The van der Waals surface area contributed by atoms with Gasteiger partial charge in [-0.15, -0.1) is 0 Å². The Labute approximate surface area is 224 Å². The van der Waals surface area contributed by atoms with Gasteiger partial charge in [0.05, 0.1) is 12.2 Å². The third-order valence-corrected chi connectivity index (χ3v) is 8.01. The maximum Gasteiger partial charge on any atom is 0.430 e. The molecule has 0 unspecified atom stereocenters. The van der Waals surface area contributed by atoms with Crippen LogP contribution in [0.25, 0.3) is 0 Å². The molecule has 2 fully saturated rings. The van der Waals surface area contributed by atoms with Gasteiger partial charge in [-0.1, -0.05) is 41.9 Å². The van der Waals surface area contributed by atoms with Crippen LogP contribution in [0.2, 0.25) is 5.15 Å². The molecular formula is C27H31ClF3N3O4. The van der Waals surface area contributed by atoms with E-state index >= 15 is 0 Å². The average molecular weight is 554 g/mol. The molecule has 1 aliphatic carbocycles. The van der Waals surface area contributed by atoms with E-state index < -0.39 is 23.2 Å². The van der Waals surface area contributed by atoms with Crippen LogP contribution in [0.15, 0.2) is 42.5 Å². The Morgan fingerprint density at radius 2 is 1.82 bits per heavy atom. The van der Waals surface area contributed by atoms with Gasteiger partial charge in [0, 0.05) is 38.8 Å². The van der Waals surface area contributed by atoms with Gasteiger partial charge in [0.2, 0.25) is 5.88 Å². The minimum atomic E-state index is -5.13. The van der Waals surface area contributed by atoms with Crippen molar-refractivity contribution in [3.05, 3.63) is 58.7 Å². The number of likely N-dealkylation sites (tertiary alicyclic amines) is 1. The number of benzene rings is 1. The largest absolute Gasteiger partial charge is 0.478 e. The number of aromatic nitrogens is 1. The number of hydrogen-bond donors (Lipinski definition) is 1. The summed E-state index contributed by atoms with van der Waals surface area (Å²) in [6, 6.07) is 9.70. The summed E-state index contributed by atoms with van der Waals surface area (Å²) in [7, 11) is 3.25. The van der Waals surface area contributed by atoms with Crippen LogP contribution in [-0.4, -0.2) is 71.7 Å². The second kappa shape index (κ2) is 10.7. The van der Waals surface area contributed by atoms with Crippen molar-refractivity contribution >= 4 is 23.4 Å². The Balaban J connectivity index is 1.26. The van der Waals surface area contributed by atoms with Crippen molar-refractivity contribution in [1.29, 1.82) is 0 Å². The monoisotopic (exact) mass is 553 g/mol. The quantitative estimate of drug-likeness (QED) is 0.379. The van der Waals surface area contributed by atoms with Crippen molar-refractivity contribution in [2.75, 3.05) is 33.8 Å². The lowest BCUT2D eigenvalue weighted by molar-refractivity contribution is -0.262. The molecule has 1 N–H and O–H groups in total. The highest BCUT2D eigenvalue weighted by molar-refractivity contribution is 6.32. The fraction of sp³-hybridized carbons (Fsp3) is 0.519. The maximum atomic E-state index is 13.9. The van der Waals surface area contributed by atoms with Crippen molar-refractivity contribution in [2.45, 2.75) is 43.9 Å². The first-order valence-electron chi connectivity index (χ1n) is 12.5. The minimum absolute atomic E-state index is 0.0234. The first kappa shape index (κ1) is 28.2. The van der Waals surface area contributed by atoms with Crippen LogP contribution in [0.4, 0.5) is 13.2 Å². The van der Waals surface area contributed by atoms with Gasteiger partial charge in [0.25, 0.3) is 17.4 Å². The molecule has 2 amide bonds. The normalized spacial score (nSPS) is 20.1. The molecule has 11 heteroatoms. The van der Waals surface area contributed by atoms with Crippen molar-refractivity contribution in [2.24, 2.45) is 11.3 Å². The molecule has 0 radical (unpaired) electrons. The van der Waals surface area contributed by atoms with E-state index in [1.54, 1.807) is 26.2 Å². The van der Waals surface area contributed by atoms with E-state index in [0.29, 0.717) is 36.8 Å². The third kappa shape index (κ3) is 5.47. The van der Waals surface area contributed by atoms with Crippen LogP contribution in [0, 0.1) is 11.3 Å². The van der Waals surface area contributed by atoms with E-state index in [1.807, 2.05) is 0 Å². The predicted molar refractivity (Wildman–Crippen MR) is 135 cm³/mol. The van der Waals surface area contributed by atoms with Crippen LogP contribution in [0.5, 0.6) is 5.88 Å². The zero-order chi connectivity index (χ0) is 27.7. The summed E-state index contributed by atoms with van der Waals surface area (Å²) in [4.78, 5) is 31.7. The van der Waals surface area contributed by atoms with Crippen LogP contribution < -0.4 is 4.74 Å². The SMILES string of the molecule is CN(C)C(=O)c1ccc(OCCC[C@@H]2CC23CCN(C(=O)[C@](O)(c2ccccc2)C(F)(F)F)CC3)nc1Cl. The van der Waals surface area contributed by atoms with E-state index in [0.717, 1.165) is 36.3 Å². The summed E-state index contributed by atoms with van der Waals surface area (Å²) in [6.07, 6.45) is -1.33. The van der Waals surface area contributed by atoms with Crippen LogP contribution in [-0.2, 0) is 10.4 Å². The summed E-state index contributed by atoms with van der Waals surface area (Å²) in [5.74, 6) is -0.820. The van der Waals surface area contributed by atoms with Crippen molar-refractivity contribution in [3.8, 4) is 5.88 Å². The first-order chi connectivity index (χ1) is 17.9. The molecule has 2 aromatic rings. The molecule has 1 aromatic heterocycles. The lowest BCUT2D eigenvalue weighted by atomic mass is 9.86. The molecule has 1 saturated carbocycles. The molecule has 1 aliphatic heterocycles. The molecule has 206 valence electrons. The number of halogens is 4. The highest BCUT2D eigenvalue weighted by Gasteiger charge is 2.63. The fourth-order valence-electron chi connectivity index (χ4n) is 5.33. The van der Waals surface area contributed by atoms with E-state index in [4.69, 9.17) is 16.3 Å². The number of carbonyl (C=O) groups excluding carboxylic acids is 2. The Kier molecular flexibility index (Phi) is 7.95. The number of carbonyl (C=O) groups is 2. The smallest absolute Gasteiger partial charge is 0.430 e. The zero-order valence-corrected chi connectivity index (χ0v) is 22.1. The number of nitrogens with zero attached hydrogens (tertiary/aromatic N) is 3. The average Bonchev–Trinajstić information content (AvgIpc) is 3.56. The Morgan fingerprint density at radius 3 is 2.39 bits per heavy atom. The van der Waals surface area contributed by atoms with Crippen molar-refractivity contribution in [3.63, 3.8) is 0 Å². The first-order valence-corrected chi connectivity index (χ1v) is 12.9. The van der Waals surface area contributed by atoms with Crippen LogP contribution >= 0.6 is 11.6 Å². The highest BCUT2D eigenvalue weighted by atomic mass is 35.5. The third-order valence-electron chi connectivity index (χ3n) is 7.72. The topological polar surface area (TPSA) is 83.0 Å². The number of aliphatic hydroxyl groups is 1. The summed E-state index contributed by atoms with van der Waals surface area (Å²) in [5, 5.41) is 10.7. The van der Waals surface area contributed by atoms with E-state index in [2.05, 4.69) is 4.98 Å². The van der Waals surface area contributed by atoms with E-state index in [9.17, 15) is 27.9 Å². The van der Waals surface area contributed by atoms with Gasteiger partial charge in [-0.3, -0.25) is 9.59 Å². The second-order valence-corrected chi connectivity index (χ2v) is 10.7. The molecule has 2 heterocycles. The molecule has 4 rings (SSSR count). The fourth-order valence-corrected chi connectivity index (χ4v) is 5.56. The molecular weight excluding hydrogens is 523 g/mol. The van der Waals surface area contributed by atoms with Crippen molar-refractivity contribution < 1.29 is 32.6 Å². The summed E-state index contributed by atoms with van der Waals surface area (Å²) in [6.45, 7) is 0.770. The Morgan fingerprint density at radius 1 is 1.16 bits per heavy atom. The molecule has 1 aromatic carbocycles. The summed E-state index contributed by atoms with van der Waals surface area (Å²) in [5.41, 5.74) is -3.72. The van der Waals surface area contributed by atoms with Gasteiger partial charge >= 0.3 is 6.18 Å². The van der Waals surface area contributed by atoms with Crippen LogP contribution in [0.3, 0.4) is 0 Å². The standard InChI is InChI=1S/C27H31ClF3N3O4/c1-33(2)23(35)20-10-11-21(32-22(20)28)38-16-6-9-19-17-25(19)12-14-34(15-13-25)24(36)26(37,27(29,30)31)18-7-4-3-5-8-18/h3-5,7-8,10-11,19,37H,6,9,12-17H2,1-2H3/t19-,26-/m1/s1. The van der Waals surface area contributed by atoms with Gasteiger partial charge < -0.3 is 19.6 Å². The molecule has 1 spiro atoms. The lowest BCUT2D eigenvalue weighted by Crippen LogP contribution is -2.57.